The van der Waals surface area contributed by atoms with Crippen LogP contribution in [-0.4, -0.2) is 47.6 Å². The zero-order chi connectivity index (χ0) is 27.8. The number of amides is 1. The van der Waals surface area contributed by atoms with E-state index in [9.17, 15) is 19.5 Å². The second-order valence-corrected chi connectivity index (χ2v) is 10.2. The van der Waals surface area contributed by atoms with Crippen molar-refractivity contribution in [2.45, 2.75) is 32.4 Å². The lowest BCUT2D eigenvalue weighted by Gasteiger charge is -2.23. The van der Waals surface area contributed by atoms with Crippen molar-refractivity contribution in [3.05, 3.63) is 88.0 Å². The molecule has 39 heavy (non-hydrogen) atoms. The van der Waals surface area contributed by atoms with E-state index in [1.807, 2.05) is 6.92 Å². The molecule has 1 saturated heterocycles. The molecule has 1 aromatic heterocycles. The number of aryl methyl sites for hydroxylation is 1. The summed E-state index contributed by atoms with van der Waals surface area (Å²) in [7, 11) is 1.53. The van der Waals surface area contributed by atoms with Gasteiger partial charge in [0.25, 0.3) is 5.78 Å². The van der Waals surface area contributed by atoms with Gasteiger partial charge in [0.1, 0.15) is 34.8 Å². The standard InChI is InChI=1S/C29H26N2O7S/c1-5-12-37-28(35)26-16(3)30-29(39-26)31-23(17-6-9-20(36-4)10-7-17)22(25(33)27(31)34)24(32)18-8-11-21-19(14-18)13-15(2)38-21/h5-11,14-15,23,32H,1,12-13H2,2-4H3. The number of benzene rings is 2. The van der Waals surface area contributed by atoms with Crippen LogP contribution in [0.3, 0.4) is 0 Å². The molecule has 0 radical (unpaired) electrons. The molecular formula is C29H26N2O7S. The molecular weight excluding hydrogens is 520 g/mol. The van der Waals surface area contributed by atoms with Crippen LogP contribution >= 0.6 is 11.3 Å². The fraction of sp³-hybridized carbons (Fsp3) is 0.241. The Labute approximate surface area is 229 Å². The zero-order valence-corrected chi connectivity index (χ0v) is 22.4. The van der Waals surface area contributed by atoms with Gasteiger partial charge in [-0.25, -0.2) is 9.78 Å². The smallest absolute Gasteiger partial charge is 0.350 e. The van der Waals surface area contributed by atoms with Gasteiger partial charge in [0.05, 0.1) is 24.4 Å². The van der Waals surface area contributed by atoms with Crippen LogP contribution in [0.2, 0.25) is 0 Å². The first kappa shape index (κ1) is 26.2. The summed E-state index contributed by atoms with van der Waals surface area (Å²) in [6.45, 7) is 7.13. The molecule has 2 aliphatic heterocycles. The minimum Gasteiger partial charge on any atom is -0.507 e. The number of anilines is 1. The molecule has 9 nitrogen and oxygen atoms in total. The maximum Gasteiger partial charge on any atom is 0.350 e. The van der Waals surface area contributed by atoms with Crippen molar-refractivity contribution in [2.24, 2.45) is 0 Å². The number of aliphatic hydroxyl groups excluding tert-OH is 1. The predicted octanol–water partition coefficient (Wildman–Crippen LogP) is 4.75. The van der Waals surface area contributed by atoms with E-state index in [2.05, 4.69) is 11.6 Å². The number of carbonyl (C=O) groups is 3. The molecule has 2 aromatic carbocycles. The van der Waals surface area contributed by atoms with E-state index in [-0.39, 0.29) is 34.1 Å². The zero-order valence-electron chi connectivity index (χ0n) is 21.6. The van der Waals surface area contributed by atoms with Crippen LogP contribution < -0.4 is 14.4 Å². The number of hydrogen-bond donors (Lipinski definition) is 1. The molecule has 1 amide bonds. The Balaban J connectivity index is 1.64. The Morgan fingerprint density at radius 2 is 2.00 bits per heavy atom. The van der Waals surface area contributed by atoms with Gasteiger partial charge in [0.2, 0.25) is 0 Å². The first-order valence-electron chi connectivity index (χ1n) is 12.2. The molecule has 2 atom stereocenters. The van der Waals surface area contributed by atoms with Crippen molar-refractivity contribution < 1.29 is 33.7 Å². The molecule has 10 heteroatoms. The van der Waals surface area contributed by atoms with Crippen molar-refractivity contribution in [2.75, 3.05) is 18.6 Å². The van der Waals surface area contributed by atoms with Gasteiger partial charge in [0.15, 0.2) is 5.13 Å². The molecule has 0 spiro atoms. The van der Waals surface area contributed by atoms with Crippen molar-refractivity contribution in [3.8, 4) is 11.5 Å². The van der Waals surface area contributed by atoms with Crippen molar-refractivity contribution in [1.82, 2.24) is 4.98 Å². The summed E-state index contributed by atoms with van der Waals surface area (Å²) in [5.74, 6) is -1.33. The number of carbonyl (C=O) groups excluding carboxylic acids is 3. The summed E-state index contributed by atoms with van der Waals surface area (Å²) in [5.41, 5.74) is 2.12. The minimum atomic E-state index is -0.998. The number of aromatic nitrogens is 1. The average molecular weight is 547 g/mol. The van der Waals surface area contributed by atoms with Crippen LogP contribution in [0, 0.1) is 6.92 Å². The van der Waals surface area contributed by atoms with E-state index < -0.39 is 23.7 Å². The van der Waals surface area contributed by atoms with Crippen molar-refractivity contribution >= 4 is 39.9 Å². The summed E-state index contributed by atoms with van der Waals surface area (Å²) in [4.78, 5) is 45.4. The van der Waals surface area contributed by atoms with Crippen molar-refractivity contribution in [1.29, 1.82) is 0 Å². The first-order chi connectivity index (χ1) is 18.7. The van der Waals surface area contributed by atoms with E-state index in [0.717, 1.165) is 22.6 Å². The summed E-state index contributed by atoms with van der Waals surface area (Å²) < 4.78 is 16.2. The van der Waals surface area contributed by atoms with Crippen molar-refractivity contribution in [3.63, 3.8) is 0 Å². The molecule has 1 fully saturated rings. The van der Waals surface area contributed by atoms with Gasteiger partial charge < -0.3 is 19.3 Å². The number of Topliss-reactive ketones (excluding diaryl/α,β-unsaturated/α-hetero) is 1. The maximum absolute atomic E-state index is 13.5. The highest BCUT2D eigenvalue weighted by atomic mass is 32.1. The number of aliphatic hydroxyl groups is 1. The number of ether oxygens (including phenoxy) is 3. The SMILES string of the molecule is C=CCOC(=O)c1sc(N2C(=O)C(=O)C(=C(O)c3ccc4c(c3)CC(C)O4)C2c2ccc(OC)cc2)nc1C. The van der Waals surface area contributed by atoms with E-state index >= 15 is 0 Å². The summed E-state index contributed by atoms with van der Waals surface area (Å²) in [5, 5.41) is 11.6. The van der Waals surface area contributed by atoms with E-state index in [4.69, 9.17) is 14.2 Å². The number of ketones is 1. The van der Waals surface area contributed by atoms with E-state index in [1.165, 1.54) is 18.1 Å². The molecule has 3 heterocycles. The maximum atomic E-state index is 13.5. The number of esters is 1. The lowest BCUT2D eigenvalue weighted by Crippen LogP contribution is -2.29. The molecule has 0 saturated carbocycles. The largest absolute Gasteiger partial charge is 0.507 e. The molecule has 3 aromatic rings. The Hall–Kier alpha value is -4.44. The molecule has 2 unspecified atom stereocenters. The number of fused-ring (bicyclic) bond motifs is 1. The highest BCUT2D eigenvalue weighted by Crippen LogP contribution is 2.44. The molecule has 0 aliphatic carbocycles. The Kier molecular flexibility index (Phi) is 6.96. The van der Waals surface area contributed by atoms with Crippen LogP contribution in [0.15, 0.2) is 60.7 Å². The fourth-order valence-electron chi connectivity index (χ4n) is 4.73. The molecule has 200 valence electrons. The minimum absolute atomic E-state index is 0.00258. The van der Waals surface area contributed by atoms with E-state index in [1.54, 1.807) is 49.4 Å². The van der Waals surface area contributed by atoms with Crippen LogP contribution in [0.5, 0.6) is 11.5 Å². The topological polar surface area (TPSA) is 115 Å². The lowest BCUT2D eigenvalue weighted by atomic mass is 9.94. The van der Waals surface area contributed by atoms with Gasteiger partial charge >= 0.3 is 11.9 Å². The van der Waals surface area contributed by atoms with Gasteiger partial charge in [-0.2, -0.15) is 0 Å². The summed E-state index contributed by atoms with van der Waals surface area (Å²) in [6.07, 6.45) is 2.11. The molecule has 0 bridgehead atoms. The van der Waals surface area contributed by atoms with Crippen LogP contribution in [0.25, 0.3) is 5.76 Å². The predicted molar refractivity (Wildman–Crippen MR) is 145 cm³/mol. The van der Waals surface area contributed by atoms with E-state index in [0.29, 0.717) is 29.0 Å². The van der Waals surface area contributed by atoms with Crippen LogP contribution in [0.1, 0.15) is 45.0 Å². The quantitative estimate of drug-likeness (QED) is 0.148. The Morgan fingerprint density at radius 3 is 2.69 bits per heavy atom. The van der Waals surface area contributed by atoms with Gasteiger partial charge in [-0.15, -0.1) is 0 Å². The van der Waals surface area contributed by atoms with Crippen LogP contribution in [-0.2, 0) is 20.7 Å². The average Bonchev–Trinajstić information content (AvgIpc) is 3.58. The number of rotatable bonds is 7. The van der Waals surface area contributed by atoms with Gasteiger partial charge in [-0.3, -0.25) is 14.5 Å². The highest BCUT2D eigenvalue weighted by molar-refractivity contribution is 7.17. The number of hydrogen-bond acceptors (Lipinski definition) is 9. The molecule has 1 N–H and O–H groups in total. The Morgan fingerprint density at radius 1 is 1.26 bits per heavy atom. The lowest BCUT2D eigenvalue weighted by molar-refractivity contribution is -0.132. The number of thiazole rings is 1. The second-order valence-electron chi connectivity index (χ2n) is 9.20. The van der Waals surface area contributed by atoms with Gasteiger partial charge in [-0.05, 0) is 55.3 Å². The van der Waals surface area contributed by atoms with Gasteiger partial charge in [-0.1, -0.05) is 36.1 Å². The monoisotopic (exact) mass is 546 g/mol. The third-order valence-electron chi connectivity index (χ3n) is 6.55. The fourth-order valence-corrected chi connectivity index (χ4v) is 5.72. The molecule has 5 rings (SSSR count). The Bertz CT molecular complexity index is 1520. The van der Waals surface area contributed by atoms with Gasteiger partial charge in [0, 0.05) is 12.0 Å². The number of methoxy groups -OCH3 is 1. The molecule has 2 aliphatic rings. The van der Waals surface area contributed by atoms with Crippen LogP contribution in [0.4, 0.5) is 5.13 Å². The third-order valence-corrected chi connectivity index (χ3v) is 7.69. The highest BCUT2D eigenvalue weighted by Gasteiger charge is 2.48. The summed E-state index contributed by atoms with van der Waals surface area (Å²) >= 11 is 0.941. The second kappa shape index (κ2) is 10.4. The third kappa shape index (κ3) is 4.67. The normalized spacial score (nSPS) is 19.5. The number of nitrogens with zero attached hydrogens (tertiary/aromatic N) is 2. The summed E-state index contributed by atoms with van der Waals surface area (Å²) in [6, 6.07) is 11.0. The first-order valence-corrected chi connectivity index (χ1v) is 13.1.